The highest BCUT2D eigenvalue weighted by atomic mass is 16.5. The van der Waals surface area contributed by atoms with E-state index in [-0.39, 0.29) is 5.97 Å². The third kappa shape index (κ3) is 1.55. The molecule has 0 saturated carbocycles. The number of rotatable bonds is 2. The van der Waals surface area contributed by atoms with E-state index in [1.165, 1.54) is 0 Å². The Balaban J connectivity index is 2.10. The van der Waals surface area contributed by atoms with Crippen LogP contribution in [0.2, 0.25) is 0 Å². The van der Waals surface area contributed by atoms with Crippen LogP contribution in [0.15, 0.2) is 11.8 Å². The van der Waals surface area contributed by atoms with Crippen molar-refractivity contribution in [1.29, 1.82) is 0 Å². The number of ether oxygens (including phenoxy) is 1. The minimum Gasteiger partial charge on any atom is -0.463 e. The Hall–Kier alpha value is -0.990. The molecule has 2 bridgehead atoms. The molecule has 13 heavy (non-hydrogen) atoms. The van der Waals surface area contributed by atoms with E-state index in [0.717, 1.165) is 31.5 Å². The van der Waals surface area contributed by atoms with Gasteiger partial charge in [0.05, 0.1) is 12.2 Å². The fourth-order valence-corrected chi connectivity index (χ4v) is 2.08. The molecule has 0 aromatic heterocycles. The first-order valence-electron chi connectivity index (χ1n) is 4.94. The smallest absolute Gasteiger partial charge is 0.335 e. The largest absolute Gasteiger partial charge is 0.463 e. The Morgan fingerprint density at radius 3 is 2.77 bits per heavy atom. The summed E-state index contributed by atoms with van der Waals surface area (Å²) in [6.45, 7) is 4.53. The molecular formula is C10H15NO2. The number of carbonyl (C=O) groups is 1. The molecule has 1 saturated heterocycles. The highest BCUT2D eigenvalue weighted by Gasteiger charge is 2.31. The van der Waals surface area contributed by atoms with Gasteiger partial charge in [-0.15, -0.1) is 0 Å². The SMILES string of the molecule is CCOC(=O)C1=CN2CCC1CC2. The van der Waals surface area contributed by atoms with Gasteiger partial charge in [0.15, 0.2) is 0 Å². The number of fused-ring (bicyclic) bond motifs is 2. The number of esters is 1. The van der Waals surface area contributed by atoms with E-state index in [1.807, 2.05) is 13.1 Å². The van der Waals surface area contributed by atoms with Gasteiger partial charge in [0.2, 0.25) is 0 Å². The molecule has 0 N–H and O–H groups in total. The third-order valence-electron chi connectivity index (χ3n) is 2.80. The van der Waals surface area contributed by atoms with Gasteiger partial charge in [-0.1, -0.05) is 0 Å². The van der Waals surface area contributed by atoms with Crippen LogP contribution in [0.3, 0.4) is 0 Å². The first-order chi connectivity index (χ1) is 6.31. The van der Waals surface area contributed by atoms with Crippen LogP contribution in [0.5, 0.6) is 0 Å². The molecule has 0 amide bonds. The number of hydrogen-bond donors (Lipinski definition) is 0. The van der Waals surface area contributed by atoms with Gasteiger partial charge >= 0.3 is 5.97 Å². The quantitative estimate of drug-likeness (QED) is 0.599. The van der Waals surface area contributed by atoms with Crippen molar-refractivity contribution in [1.82, 2.24) is 4.90 Å². The Morgan fingerprint density at radius 1 is 1.62 bits per heavy atom. The Kier molecular flexibility index (Phi) is 2.25. The van der Waals surface area contributed by atoms with E-state index in [9.17, 15) is 4.79 Å². The second-order valence-electron chi connectivity index (χ2n) is 3.62. The van der Waals surface area contributed by atoms with Crippen LogP contribution in [0.1, 0.15) is 19.8 Å². The molecule has 3 heteroatoms. The van der Waals surface area contributed by atoms with E-state index in [0.29, 0.717) is 12.5 Å². The summed E-state index contributed by atoms with van der Waals surface area (Å²) in [4.78, 5) is 13.7. The Morgan fingerprint density at radius 2 is 2.31 bits per heavy atom. The molecule has 0 unspecified atom stereocenters. The molecular weight excluding hydrogens is 166 g/mol. The summed E-state index contributed by atoms with van der Waals surface area (Å²) in [6, 6.07) is 0. The van der Waals surface area contributed by atoms with E-state index in [1.54, 1.807) is 0 Å². The number of nitrogens with zero attached hydrogens (tertiary/aromatic N) is 1. The van der Waals surface area contributed by atoms with Crippen LogP contribution in [0.25, 0.3) is 0 Å². The van der Waals surface area contributed by atoms with Gasteiger partial charge in [-0.25, -0.2) is 4.79 Å². The molecule has 3 nitrogen and oxygen atoms in total. The molecule has 0 aromatic rings. The van der Waals surface area contributed by atoms with Crippen molar-refractivity contribution >= 4 is 5.97 Å². The zero-order chi connectivity index (χ0) is 9.26. The van der Waals surface area contributed by atoms with Crippen molar-refractivity contribution in [3.8, 4) is 0 Å². The van der Waals surface area contributed by atoms with Gasteiger partial charge in [-0.2, -0.15) is 0 Å². The van der Waals surface area contributed by atoms with Crippen molar-refractivity contribution < 1.29 is 9.53 Å². The van der Waals surface area contributed by atoms with Crippen LogP contribution < -0.4 is 0 Å². The van der Waals surface area contributed by atoms with Crippen molar-refractivity contribution in [3.63, 3.8) is 0 Å². The van der Waals surface area contributed by atoms with Gasteiger partial charge in [0.1, 0.15) is 0 Å². The van der Waals surface area contributed by atoms with Crippen molar-refractivity contribution in [2.45, 2.75) is 19.8 Å². The molecule has 3 aliphatic heterocycles. The summed E-state index contributed by atoms with van der Waals surface area (Å²) >= 11 is 0. The topological polar surface area (TPSA) is 29.5 Å². The summed E-state index contributed by atoms with van der Waals surface area (Å²) in [7, 11) is 0. The normalized spacial score (nSPS) is 21.6. The lowest BCUT2D eigenvalue weighted by Crippen LogP contribution is -2.38. The zero-order valence-corrected chi connectivity index (χ0v) is 7.95. The van der Waals surface area contributed by atoms with Crippen molar-refractivity contribution in [2.75, 3.05) is 19.7 Å². The third-order valence-corrected chi connectivity index (χ3v) is 2.80. The Labute approximate surface area is 78.4 Å². The molecule has 3 aliphatic rings. The average molecular weight is 181 g/mol. The summed E-state index contributed by atoms with van der Waals surface area (Å²) in [5, 5.41) is 0. The lowest BCUT2D eigenvalue weighted by atomic mass is 9.86. The summed E-state index contributed by atoms with van der Waals surface area (Å²) in [5.74, 6) is 0.348. The second kappa shape index (κ2) is 3.40. The summed E-state index contributed by atoms with van der Waals surface area (Å²) in [5.41, 5.74) is 0.888. The first-order valence-corrected chi connectivity index (χ1v) is 4.94. The number of carbonyl (C=O) groups excluding carboxylic acids is 1. The van der Waals surface area contributed by atoms with Crippen LogP contribution in [0, 0.1) is 5.92 Å². The van der Waals surface area contributed by atoms with Gasteiger partial charge < -0.3 is 9.64 Å². The molecule has 3 heterocycles. The molecule has 1 fully saturated rings. The fraction of sp³-hybridized carbons (Fsp3) is 0.700. The summed E-state index contributed by atoms with van der Waals surface area (Å²) in [6.07, 6.45) is 4.21. The van der Waals surface area contributed by atoms with Gasteiger partial charge in [-0.3, -0.25) is 0 Å². The average Bonchev–Trinajstić information content (AvgIpc) is 2.20. The highest BCUT2D eigenvalue weighted by molar-refractivity contribution is 5.89. The molecule has 3 rings (SSSR count). The van der Waals surface area contributed by atoms with E-state index < -0.39 is 0 Å². The van der Waals surface area contributed by atoms with Gasteiger partial charge in [0.25, 0.3) is 0 Å². The fourth-order valence-electron chi connectivity index (χ4n) is 2.08. The maximum absolute atomic E-state index is 11.5. The molecule has 0 atom stereocenters. The van der Waals surface area contributed by atoms with Crippen LogP contribution >= 0.6 is 0 Å². The number of hydrogen-bond acceptors (Lipinski definition) is 3. The number of piperidine rings is 1. The maximum Gasteiger partial charge on any atom is 0.335 e. The summed E-state index contributed by atoms with van der Waals surface area (Å²) < 4.78 is 5.00. The van der Waals surface area contributed by atoms with Crippen molar-refractivity contribution in [2.24, 2.45) is 5.92 Å². The highest BCUT2D eigenvalue weighted by Crippen LogP contribution is 2.31. The lowest BCUT2D eigenvalue weighted by Gasteiger charge is -2.37. The standard InChI is InChI=1S/C10H15NO2/c1-2-13-10(12)9-7-11-5-3-8(9)4-6-11/h7-8H,2-6H2,1H3. The molecule has 0 radical (unpaired) electrons. The zero-order valence-electron chi connectivity index (χ0n) is 7.95. The minimum absolute atomic E-state index is 0.114. The van der Waals surface area contributed by atoms with E-state index in [4.69, 9.17) is 4.74 Å². The maximum atomic E-state index is 11.5. The van der Waals surface area contributed by atoms with E-state index in [2.05, 4.69) is 4.90 Å². The molecule has 72 valence electrons. The van der Waals surface area contributed by atoms with Gasteiger partial charge in [0, 0.05) is 19.3 Å². The van der Waals surface area contributed by atoms with E-state index >= 15 is 0 Å². The first kappa shape index (κ1) is 8.60. The minimum atomic E-state index is -0.114. The Bertz CT molecular complexity index is 239. The van der Waals surface area contributed by atoms with Crippen molar-refractivity contribution in [3.05, 3.63) is 11.8 Å². The van der Waals surface area contributed by atoms with Crippen LogP contribution in [-0.2, 0) is 9.53 Å². The predicted molar refractivity (Wildman–Crippen MR) is 49.0 cm³/mol. The monoisotopic (exact) mass is 181 g/mol. The van der Waals surface area contributed by atoms with Gasteiger partial charge in [-0.05, 0) is 25.7 Å². The lowest BCUT2D eigenvalue weighted by molar-refractivity contribution is -0.139. The molecule has 0 spiro atoms. The van der Waals surface area contributed by atoms with Crippen LogP contribution in [0.4, 0.5) is 0 Å². The molecule has 0 aliphatic carbocycles. The predicted octanol–water partition coefficient (Wildman–Crippen LogP) is 1.16. The molecule has 0 aromatic carbocycles. The second-order valence-corrected chi connectivity index (χ2v) is 3.62. The van der Waals surface area contributed by atoms with Crippen LogP contribution in [-0.4, -0.2) is 30.6 Å².